The molecule has 1 aliphatic rings. The summed E-state index contributed by atoms with van der Waals surface area (Å²) in [6.45, 7) is 4.12. The molecule has 0 aromatic heterocycles. The van der Waals surface area contributed by atoms with Crippen LogP contribution in [0, 0.1) is 11.6 Å². The lowest BCUT2D eigenvalue weighted by molar-refractivity contribution is 0.226. The first-order valence-electron chi connectivity index (χ1n) is 10.1. The highest BCUT2D eigenvalue weighted by Gasteiger charge is 2.43. The summed E-state index contributed by atoms with van der Waals surface area (Å²) in [6.07, 6.45) is 1.23. The summed E-state index contributed by atoms with van der Waals surface area (Å²) in [5.41, 5.74) is -0.547. The second-order valence-electron chi connectivity index (χ2n) is 7.20. The topological polar surface area (TPSA) is 97.7 Å². The third kappa shape index (κ3) is 4.69. The van der Waals surface area contributed by atoms with Crippen LogP contribution in [0.2, 0.25) is 0 Å². The summed E-state index contributed by atoms with van der Waals surface area (Å²) in [6, 6.07) is 6.57. The normalized spacial score (nSPS) is 15.8. The van der Waals surface area contributed by atoms with Gasteiger partial charge in [0.15, 0.2) is 5.76 Å². The number of hydrogen-bond acceptors (Lipinski definition) is 7. The Bertz CT molecular complexity index is 1320. The van der Waals surface area contributed by atoms with Crippen LogP contribution < -0.4 is 9.64 Å². The zero-order valence-corrected chi connectivity index (χ0v) is 20.2. The number of ether oxygens (including phenoxy) is 3. The second kappa shape index (κ2) is 10.1. The second-order valence-corrected chi connectivity index (χ2v) is 8.95. The molecule has 1 heterocycles. The summed E-state index contributed by atoms with van der Waals surface area (Å²) < 4.78 is 71.8. The van der Waals surface area contributed by atoms with E-state index in [-0.39, 0.29) is 33.7 Å². The van der Waals surface area contributed by atoms with E-state index in [0.29, 0.717) is 4.31 Å². The molecule has 0 aliphatic carbocycles. The Kier molecular flexibility index (Phi) is 7.44. The fourth-order valence-electron chi connectivity index (χ4n) is 3.51. The molecule has 9 nitrogen and oxygen atoms in total. The summed E-state index contributed by atoms with van der Waals surface area (Å²) in [5, 5.41) is 0. The number of sulfonamides is 1. The van der Waals surface area contributed by atoms with Crippen LogP contribution in [0.25, 0.3) is 0 Å². The summed E-state index contributed by atoms with van der Waals surface area (Å²) >= 11 is 0. The molecule has 0 bridgehead atoms. The molecule has 35 heavy (non-hydrogen) atoms. The van der Waals surface area contributed by atoms with Crippen molar-refractivity contribution in [1.29, 1.82) is 0 Å². The van der Waals surface area contributed by atoms with Crippen molar-refractivity contribution in [3.63, 3.8) is 0 Å². The van der Waals surface area contributed by atoms with E-state index in [1.54, 1.807) is 0 Å². The number of fused-ring (bicyclic) bond motifs is 1. The molecule has 186 valence electrons. The molecule has 0 fully saturated rings. The molecule has 12 heteroatoms. The van der Waals surface area contributed by atoms with Crippen molar-refractivity contribution in [2.75, 3.05) is 26.2 Å². The minimum Gasteiger partial charge on any atom is -0.497 e. The number of benzene rings is 2. The summed E-state index contributed by atoms with van der Waals surface area (Å²) in [4.78, 5) is 17.9. The first-order chi connectivity index (χ1) is 16.6. The molecule has 0 N–H and O–H groups in total. The van der Waals surface area contributed by atoms with Gasteiger partial charge in [0.25, 0.3) is 15.9 Å². The van der Waals surface area contributed by atoms with Crippen molar-refractivity contribution in [2.45, 2.75) is 18.4 Å². The van der Waals surface area contributed by atoms with Gasteiger partial charge >= 0.3 is 6.03 Å². The Morgan fingerprint density at radius 2 is 1.74 bits per heavy atom. The van der Waals surface area contributed by atoms with Crippen molar-refractivity contribution in [3.05, 3.63) is 77.0 Å². The lowest BCUT2D eigenvalue weighted by atomic mass is 10.1. The lowest BCUT2D eigenvalue weighted by Crippen LogP contribution is -2.49. The largest absolute Gasteiger partial charge is 0.497 e. The van der Waals surface area contributed by atoms with Crippen LogP contribution >= 0.6 is 0 Å². The maximum Gasteiger partial charge on any atom is 0.343 e. The molecule has 0 radical (unpaired) electrons. The molecule has 0 spiro atoms. The van der Waals surface area contributed by atoms with E-state index in [1.165, 1.54) is 58.6 Å². The van der Waals surface area contributed by atoms with Gasteiger partial charge in [-0.2, -0.15) is 4.31 Å². The fourth-order valence-corrected chi connectivity index (χ4v) is 5.14. The highest BCUT2D eigenvalue weighted by molar-refractivity contribution is 7.90. The molecular formula is C23H23F2N3O6S. The highest BCUT2D eigenvalue weighted by atomic mass is 32.2. The van der Waals surface area contributed by atoms with Crippen LogP contribution in [0.5, 0.6) is 5.75 Å². The van der Waals surface area contributed by atoms with E-state index in [4.69, 9.17) is 14.2 Å². The number of nitrogens with zero attached hydrogens (tertiary/aromatic N) is 3. The van der Waals surface area contributed by atoms with Gasteiger partial charge in [0.2, 0.25) is 0 Å². The number of carbonyl (C=O) groups excluding carboxylic acids is 1. The quantitative estimate of drug-likeness (QED) is 0.302. The van der Waals surface area contributed by atoms with Crippen LogP contribution in [0.4, 0.5) is 19.3 Å². The maximum absolute atomic E-state index is 14.7. The molecule has 2 aromatic rings. The van der Waals surface area contributed by atoms with Crippen LogP contribution in [-0.4, -0.2) is 46.8 Å². The first-order valence-corrected chi connectivity index (χ1v) is 11.5. The third-order valence-corrected chi connectivity index (χ3v) is 7.00. The zero-order valence-electron chi connectivity index (χ0n) is 19.4. The Morgan fingerprint density at radius 3 is 2.29 bits per heavy atom. The standard InChI is InChI=1S/C23H23F2N3O6S/c1-14(10-20(33-4)22(26-2)34-5)28-23(29)27(19-8-6-7-9-21(19)35(28,30)31)13-16-17(24)11-15(32-3)12-18(16)25/h6-12H,2,13H2,1,3-5H3/b14-10+,22-20-. The van der Waals surface area contributed by atoms with Crippen LogP contribution in [0.3, 0.4) is 0 Å². The lowest BCUT2D eigenvalue weighted by Gasteiger charge is -2.36. The van der Waals surface area contributed by atoms with Gasteiger partial charge in [-0.25, -0.2) is 27.0 Å². The predicted octanol–water partition coefficient (Wildman–Crippen LogP) is 4.17. The highest BCUT2D eigenvalue weighted by Crippen LogP contribution is 2.38. The van der Waals surface area contributed by atoms with Gasteiger partial charge in [-0.15, -0.1) is 0 Å². The minimum absolute atomic E-state index is 0.000604. The zero-order chi connectivity index (χ0) is 25.9. The van der Waals surface area contributed by atoms with Gasteiger partial charge in [-0.05, 0) is 25.8 Å². The molecular weight excluding hydrogens is 484 g/mol. The molecule has 3 rings (SSSR count). The fraction of sp³-hybridized carbons (Fsp3) is 0.217. The van der Waals surface area contributed by atoms with Gasteiger partial charge in [-0.3, -0.25) is 4.90 Å². The van der Waals surface area contributed by atoms with Crippen molar-refractivity contribution >= 4 is 28.5 Å². The summed E-state index contributed by atoms with van der Waals surface area (Å²) in [5.74, 6) is -1.99. The third-order valence-electron chi connectivity index (χ3n) is 5.17. The molecule has 0 saturated carbocycles. The molecule has 2 aromatic carbocycles. The predicted molar refractivity (Wildman–Crippen MR) is 124 cm³/mol. The van der Waals surface area contributed by atoms with E-state index < -0.39 is 39.8 Å². The van der Waals surface area contributed by atoms with Gasteiger partial charge in [0.05, 0.1) is 33.6 Å². The minimum atomic E-state index is -4.38. The molecule has 0 saturated heterocycles. The van der Waals surface area contributed by atoms with Crippen molar-refractivity contribution in [1.82, 2.24) is 4.31 Å². The Morgan fingerprint density at radius 1 is 1.11 bits per heavy atom. The van der Waals surface area contributed by atoms with Gasteiger partial charge < -0.3 is 14.2 Å². The van der Waals surface area contributed by atoms with E-state index in [2.05, 4.69) is 11.7 Å². The van der Waals surface area contributed by atoms with Crippen molar-refractivity contribution < 1.29 is 36.2 Å². The Balaban J connectivity index is 2.18. The van der Waals surface area contributed by atoms with Crippen LogP contribution in [0.1, 0.15) is 12.5 Å². The molecule has 2 amide bonds. The number of methoxy groups -OCH3 is 3. The SMILES string of the molecule is C=N/C(OC)=C(\C=C(/C)N1C(=O)N(Cc2c(F)cc(OC)cc2F)c2ccccc2S1(=O)=O)OC. The van der Waals surface area contributed by atoms with E-state index in [1.807, 2.05) is 0 Å². The monoisotopic (exact) mass is 507 g/mol. The number of hydrogen-bond donors (Lipinski definition) is 0. The molecule has 0 atom stereocenters. The average Bonchev–Trinajstić information content (AvgIpc) is 2.82. The van der Waals surface area contributed by atoms with E-state index in [9.17, 15) is 22.0 Å². The number of aliphatic imine (C=N–C) groups is 1. The number of para-hydroxylation sites is 1. The number of carbonyl (C=O) groups is 1. The van der Waals surface area contributed by atoms with E-state index in [0.717, 1.165) is 17.0 Å². The van der Waals surface area contributed by atoms with Gasteiger partial charge in [-0.1, -0.05) is 12.1 Å². The van der Waals surface area contributed by atoms with Crippen molar-refractivity contribution in [2.24, 2.45) is 4.99 Å². The maximum atomic E-state index is 14.7. The average molecular weight is 508 g/mol. The first kappa shape index (κ1) is 25.7. The molecule has 0 unspecified atom stereocenters. The summed E-state index contributed by atoms with van der Waals surface area (Å²) in [7, 11) is -0.511. The number of anilines is 1. The van der Waals surface area contributed by atoms with Crippen LogP contribution in [0.15, 0.2) is 69.7 Å². The van der Waals surface area contributed by atoms with Crippen molar-refractivity contribution in [3.8, 4) is 5.75 Å². The van der Waals surface area contributed by atoms with Gasteiger partial charge in [0, 0.05) is 29.5 Å². The number of urea groups is 1. The number of allylic oxidation sites excluding steroid dienone is 2. The number of halogens is 2. The Labute approximate surface area is 201 Å². The number of rotatable bonds is 8. The Hall–Kier alpha value is -3.93. The van der Waals surface area contributed by atoms with Gasteiger partial charge in [0.1, 0.15) is 22.3 Å². The smallest absolute Gasteiger partial charge is 0.343 e. The van der Waals surface area contributed by atoms with Crippen LogP contribution in [-0.2, 0) is 26.0 Å². The molecule has 1 aliphatic heterocycles. The van der Waals surface area contributed by atoms with E-state index >= 15 is 0 Å². The number of amides is 2.